The van der Waals surface area contributed by atoms with Crippen LogP contribution in [-0.4, -0.2) is 32.4 Å². The minimum Gasteiger partial charge on any atom is -0.382 e. The first-order valence-electron chi connectivity index (χ1n) is 11.4. The van der Waals surface area contributed by atoms with Gasteiger partial charge in [0.1, 0.15) is 0 Å². The highest BCUT2D eigenvalue weighted by atomic mass is 32.2. The molecule has 0 fully saturated rings. The lowest BCUT2D eigenvalue weighted by Crippen LogP contribution is -2.38. The number of aryl methyl sites for hydroxylation is 1. The smallest absolute Gasteiger partial charge is 0.301 e. The van der Waals surface area contributed by atoms with Crippen LogP contribution in [0.2, 0.25) is 0 Å². The van der Waals surface area contributed by atoms with Gasteiger partial charge in [0.25, 0.3) is 5.91 Å². The number of nitrogens with zero attached hydrogens (tertiary/aromatic N) is 1. The molecule has 0 saturated heterocycles. The van der Waals surface area contributed by atoms with Gasteiger partial charge >= 0.3 is 10.2 Å². The zero-order valence-corrected chi connectivity index (χ0v) is 20.3. The van der Waals surface area contributed by atoms with Crippen molar-refractivity contribution in [2.24, 2.45) is 0 Å². The summed E-state index contributed by atoms with van der Waals surface area (Å²) in [6.07, 6.45) is 1.89. The molecule has 0 saturated carbocycles. The SMILES string of the molecule is CNS(=O)(=O)NC(=O)c1c(C)nc2ccc(NC3Cc4ccccc4C3)cc2c1-c1ccccc1. The number of nitrogens with one attached hydrogen (secondary N) is 3. The van der Waals surface area contributed by atoms with Gasteiger partial charge in [0.2, 0.25) is 0 Å². The minimum absolute atomic E-state index is 0.230. The lowest BCUT2D eigenvalue weighted by Gasteiger charge is -2.18. The fraction of sp³-hybridized carbons (Fsp3) is 0.185. The van der Waals surface area contributed by atoms with Crippen LogP contribution in [0, 0.1) is 6.92 Å². The third-order valence-electron chi connectivity index (χ3n) is 6.37. The first-order valence-corrected chi connectivity index (χ1v) is 12.9. The molecule has 3 N–H and O–H groups in total. The topological polar surface area (TPSA) is 100 Å². The van der Waals surface area contributed by atoms with Crippen molar-refractivity contribution in [3.8, 4) is 11.1 Å². The third kappa shape index (κ3) is 4.62. The van der Waals surface area contributed by atoms with Gasteiger partial charge < -0.3 is 5.32 Å². The second-order valence-corrected chi connectivity index (χ2v) is 10.3. The summed E-state index contributed by atoms with van der Waals surface area (Å²) in [6, 6.07) is 24.2. The fourth-order valence-electron chi connectivity index (χ4n) is 4.78. The lowest BCUT2D eigenvalue weighted by molar-refractivity contribution is 0.0981. The normalized spacial score (nSPS) is 13.5. The van der Waals surface area contributed by atoms with E-state index in [1.54, 1.807) is 6.92 Å². The average Bonchev–Trinajstić information content (AvgIpc) is 3.26. The summed E-state index contributed by atoms with van der Waals surface area (Å²) in [6.45, 7) is 1.72. The van der Waals surface area contributed by atoms with Crippen LogP contribution >= 0.6 is 0 Å². The van der Waals surface area contributed by atoms with E-state index in [9.17, 15) is 13.2 Å². The molecule has 1 amide bonds. The van der Waals surface area contributed by atoms with Gasteiger partial charge in [0.15, 0.2) is 0 Å². The van der Waals surface area contributed by atoms with Crippen molar-refractivity contribution in [1.82, 2.24) is 14.4 Å². The van der Waals surface area contributed by atoms with Gasteiger partial charge in [0, 0.05) is 29.7 Å². The van der Waals surface area contributed by atoms with E-state index < -0.39 is 16.1 Å². The summed E-state index contributed by atoms with van der Waals surface area (Å²) in [7, 11) is -2.73. The fourth-order valence-corrected chi connectivity index (χ4v) is 5.23. The molecule has 0 atom stereocenters. The first-order chi connectivity index (χ1) is 16.8. The van der Waals surface area contributed by atoms with Crippen molar-refractivity contribution < 1.29 is 13.2 Å². The molecule has 4 aromatic rings. The third-order valence-corrected chi connectivity index (χ3v) is 7.36. The van der Waals surface area contributed by atoms with E-state index in [2.05, 4.69) is 44.0 Å². The molecular formula is C27H26N4O3S. The predicted molar refractivity (Wildman–Crippen MR) is 139 cm³/mol. The molecule has 0 aliphatic heterocycles. The van der Waals surface area contributed by atoms with Crippen molar-refractivity contribution in [3.05, 3.63) is 95.2 Å². The largest absolute Gasteiger partial charge is 0.382 e. The maximum atomic E-state index is 13.2. The van der Waals surface area contributed by atoms with Crippen molar-refractivity contribution in [1.29, 1.82) is 0 Å². The summed E-state index contributed by atoms with van der Waals surface area (Å²) in [5.41, 5.74) is 6.51. The van der Waals surface area contributed by atoms with Crippen LogP contribution < -0.4 is 14.8 Å². The van der Waals surface area contributed by atoms with E-state index >= 15 is 0 Å². The van der Waals surface area contributed by atoms with E-state index in [4.69, 9.17) is 0 Å². The van der Waals surface area contributed by atoms with Crippen molar-refractivity contribution in [3.63, 3.8) is 0 Å². The number of hydrogen-bond acceptors (Lipinski definition) is 5. The van der Waals surface area contributed by atoms with Crippen LogP contribution in [0.25, 0.3) is 22.0 Å². The van der Waals surface area contributed by atoms with Gasteiger partial charge in [-0.15, -0.1) is 0 Å². The van der Waals surface area contributed by atoms with E-state index in [-0.39, 0.29) is 11.6 Å². The van der Waals surface area contributed by atoms with Crippen LogP contribution in [0.3, 0.4) is 0 Å². The molecule has 5 rings (SSSR count). The number of amides is 1. The number of carbonyl (C=O) groups is 1. The number of aromatic nitrogens is 1. The van der Waals surface area contributed by atoms with Gasteiger partial charge in [0.05, 0.1) is 16.8 Å². The number of benzene rings is 3. The van der Waals surface area contributed by atoms with Gasteiger partial charge in [-0.1, -0.05) is 54.6 Å². The number of carbonyl (C=O) groups excluding carboxylic acids is 1. The molecule has 0 radical (unpaired) electrons. The molecule has 178 valence electrons. The van der Waals surface area contributed by atoms with Gasteiger partial charge in [-0.25, -0.2) is 9.44 Å². The Kier molecular flexibility index (Phi) is 6.00. The lowest BCUT2D eigenvalue weighted by atomic mass is 9.93. The maximum absolute atomic E-state index is 13.2. The van der Waals surface area contributed by atoms with Crippen molar-refractivity contribution in [2.75, 3.05) is 12.4 Å². The van der Waals surface area contributed by atoms with Crippen LogP contribution in [0.5, 0.6) is 0 Å². The molecule has 1 aliphatic rings. The highest BCUT2D eigenvalue weighted by Crippen LogP contribution is 2.35. The molecule has 1 aromatic heterocycles. The Morgan fingerprint density at radius 2 is 1.60 bits per heavy atom. The highest BCUT2D eigenvalue weighted by Gasteiger charge is 2.25. The zero-order chi connectivity index (χ0) is 24.6. The molecular weight excluding hydrogens is 460 g/mol. The van der Waals surface area contributed by atoms with E-state index in [0.29, 0.717) is 11.3 Å². The highest BCUT2D eigenvalue weighted by molar-refractivity contribution is 7.88. The molecule has 0 bridgehead atoms. The molecule has 1 heterocycles. The molecule has 1 aliphatic carbocycles. The molecule has 8 heteroatoms. The number of fused-ring (bicyclic) bond motifs is 2. The molecule has 0 spiro atoms. The monoisotopic (exact) mass is 486 g/mol. The summed E-state index contributed by atoms with van der Waals surface area (Å²) >= 11 is 0. The quantitative estimate of drug-likeness (QED) is 0.383. The summed E-state index contributed by atoms with van der Waals surface area (Å²) < 4.78 is 28.4. The van der Waals surface area contributed by atoms with Crippen molar-refractivity contribution in [2.45, 2.75) is 25.8 Å². The number of pyridine rings is 1. The first kappa shape index (κ1) is 23.0. The predicted octanol–water partition coefficient (Wildman–Crippen LogP) is 3.98. The van der Waals surface area contributed by atoms with Gasteiger partial charge in [-0.2, -0.15) is 8.42 Å². The summed E-state index contributed by atoms with van der Waals surface area (Å²) in [4.78, 5) is 17.8. The van der Waals surface area contributed by atoms with Gasteiger partial charge in [-0.05, 0) is 54.7 Å². The van der Waals surface area contributed by atoms with Gasteiger partial charge in [-0.3, -0.25) is 9.78 Å². The molecule has 0 unspecified atom stereocenters. The molecule has 35 heavy (non-hydrogen) atoms. The van der Waals surface area contributed by atoms with Crippen LogP contribution in [-0.2, 0) is 23.1 Å². The Morgan fingerprint density at radius 3 is 2.26 bits per heavy atom. The molecule has 7 nitrogen and oxygen atoms in total. The average molecular weight is 487 g/mol. The standard InChI is InChI=1S/C27H26N4O3S/c1-17-25(27(32)31-35(33,34)28-2)26(18-8-4-3-5-9-18)23-16-21(12-13-24(23)29-17)30-22-14-19-10-6-7-11-20(19)15-22/h3-13,16,22,28,30H,14-15H2,1-2H3,(H,31,32). The summed E-state index contributed by atoms with van der Waals surface area (Å²) in [5.74, 6) is -0.727. The number of anilines is 1. The van der Waals surface area contributed by atoms with Crippen molar-refractivity contribution >= 4 is 32.7 Å². The second kappa shape index (κ2) is 9.13. The van der Waals surface area contributed by atoms with Crippen LogP contribution in [0.1, 0.15) is 27.2 Å². The minimum atomic E-state index is -3.98. The zero-order valence-electron chi connectivity index (χ0n) is 19.5. The number of rotatable bonds is 6. The Bertz CT molecular complexity index is 1510. The molecule has 3 aromatic carbocycles. The van der Waals surface area contributed by atoms with E-state index in [1.165, 1.54) is 18.2 Å². The summed E-state index contributed by atoms with van der Waals surface area (Å²) in [5, 5.41) is 4.41. The Hall–Kier alpha value is -3.75. The Morgan fingerprint density at radius 1 is 0.943 bits per heavy atom. The van der Waals surface area contributed by atoms with E-state index in [1.807, 2.05) is 48.5 Å². The van der Waals surface area contributed by atoms with Crippen LogP contribution in [0.4, 0.5) is 5.69 Å². The Labute approximate surface area is 204 Å². The number of hydrogen-bond donors (Lipinski definition) is 3. The maximum Gasteiger partial charge on any atom is 0.301 e. The second-order valence-electron chi connectivity index (χ2n) is 8.70. The van der Waals surface area contributed by atoms with Crippen LogP contribution in [0.15, 0.2) is 72.8 Å². The Balaban J connectivity index is 1.61. The van der Waals surface area contributed by atoms with E-state index in [0.717, 1.165) is 35.0 Å².